The summed E-state index contributed by atoms with van der Waals surface area (Å²) in [5, 5.41) is 6.21. The first-order chi connectivity index (χ1) is 8.84. The first-order valence-corrected chi connectivity index (χ1v) is 6.20. The molecular weight excluding hydrogens is 248 g/mol. The lowest BCUT2D eigenvalue weighted by atomic mass is 10.3. The van der Waals surface area contributed by atoms with E-state index in [1.165, 1.54) is 11.9 Å². The molecule has 0 spiro atoms. The normalized spacial score (nSPS) is 11.4. The number of anilines is 1. The minimum absolute atomic E-state index is 0.614. The van der Waals surface area contributed by atoms with E-state index in [4.69, 9.17) is 0 Å². The van der Waals surface area contributed by atoms with Gasteiger partial charge in [-0.15, -0.1) is 11.3 Å². The largest absolute Gasteiger partial charge is 0.340 e. The third-order valence-electron chi connectivity index (χ3n) is 2.48. The van der Waals surface area contributed by atoms with Gasteiger partial charge in [0.1, 0.15) is 11.8 Å². The van der Waals surface area contributed by atoms with Gasteiger partial charge in [0.2, 0.25) is 0 Å². The number of nitrogens with one attached hydrogen (secondary N) is 2. The summed E-state index contributed by atoms with van der Waals surface area (Å²) in [6, 6.07) is 2.06. The zero-order chi connectivity index (χ0) is 12.4. The molecular formula is C11H10N6S. The Bertz CT molecular complexity index is 698. The summed E-state index contributed by atoms with van der Waals surface area (Å²) in [7, 11) is 0. The van der Waals surface area contributed by atoms with Crippen molar-refractivity contribution in [2.75, 3.05) is 5.43 Å². The van der Waals surface area contributed by atoms with Crippen LogP contribution in [0.1, 0.15) is 10.4 Å². The van der Waals surface area contributed by atoms with Crippen LogP contribution in [0.3, 0.4) is 0 Å². The smallest absolute Gasteiger partial charge is 0.182 e. The summed E-state index contributed by atoms with van der Waals surface area (Å²) >= 11 is 1.65. The molecule has 0 aromatic carbocycles. The zero-order valence-corrected chi connectivity index (χ0v) is 10.4. The number of aromatic amines is 1. The highest BCUT2D eigenvalue weighted by molar-refractivity contribution is 7.11. The maximum absolute atomic E-state index is 4.17. The fourth-order valence-corrected chi connectivity index (χ4v) is 2.30. The van der Waals surface area contributed by atoms with Gasteiger partial charge in [-0.05, 0) is 23.9 Å². The molecule has 0 unspecified atom stereocenters. The third kappa shape index (κ3) is 1.95. The predicted octanol–water partition coefficient (Wildman–Crippen LogP) is 2.17. The fourth-order valence-electron chi connectivity index (χ4n) is 1.52. The molecule has 90 valence electrons. The second kappa shape index (κ2) is 4.53. The molecule has 0 saturated heterocycles. The van der Waals surface area contributed by atoms with Gasteiger partial charge >= 0.3 is 0 Å². The van der Waals surface area contributed by atoms with Crippen molar-refractivity contribution >= 4 is 34.5 Å². The lowest BCUT2D eigenvalue weighted by Gasteiger charge is -1.98. The number of hydrogen-bond acceptors (Lipinski definition) is 6. The molecule has 0 atom stereocenters. The highest BCUT2D eigenvalue weighted by Crippen LogP contribution is 2.15. The van der Waals surface area contributed by atoms with Gasteiger partial charge in [-0.25, -0.2) is 15.0 Å². The van der Waals surface area contributed by atoms with Gasteiger partial charge in [0.25, 0.3) is 0 Å². The molecule has 0 saturated carbocycles. The number of nitrogens with zero attached hydrogens (tertiary/aromatic N) is 4. The van der Waals surface area contributed by atoms with E-state index in [1.54, 1.807) is 23.9 Å². The molecule has 0 radical (unpaired) electrons. The van der Waals surface area contributed by atoms with Crippen molar-refractivity contribution in [1.82, 2.24) is 19.9 Å². The highest BCUT2D eigenvalue weighted by Gasteiger charge is 2.03. The third-order valence-corrected chi connectivity index (χ3v) is 3.43. The Morgan fingerprint density at radius 2 is 2.33 bits per heavy atom. The van der Waals surface area contributed by atoms with E-state index in [-0.39, 0.29) is 0 Å². The molecule has 0 fully saturated rings. The van der Waals surface area contributed by atoms with E-state index in [0.717, 1.165) is 10.4 Å². The number of hydrogen-bond donors (Lipinski definition) is 2. The van der Waals surface area contributed by atoms with E-state index < -0.39 is 0 Å². The van der Waals surface area contributed by atoms with Gasteiger partial charge in [0, 0.05) is 4.88 Å². The number of rotatable bonds is 3. The minimum atomic E-state index is 0.614. The number of hydrazone groups is 1. The fraction of sp³-hybridized carbons (Fsp3) is 0.0909. The lowest BCUT2D eigenvalue weighted by Crippen LogP contribution is -1.95. The number of thiophene rings is 1. The molecule has 0 amide bonds. The number of aromatic nitrogens is 4. The van der Waals surface area contributed by atoms with Crippen LogP contribution in [0.4, 0.5) is 5.82 Å². The topological polar surface area (TPSA) is 78.8 Å². The summed E-state index contributed by atoms with van der Waals surface area (Å²) in [4.78, 5) is 16.3. The molecule has 6 nitrogen and oxygen atoms in total. The van der Waals surface area contributed by atoms with Gasteiger partial charge in [-0.3, -0.25) is 5.43 Å². The summed E-state index contributed by atoms with van der Waals surface area (Å²) in [5.41, 5.74) is 5.47. The van der Waals surface area contributed by atoms with Gasteiger partial charge in [0.15, 0.2) is 11.5 Å². The Kier molecular flexibility index (Phi) is 2.73. The Morgan fingerprint density at radius 3 is 3.17 bits per heavy atom. The first kappa shape index (κ1) is 10.8. The Balaban J connectivity index is 1.83. The van der Waals surface area contributed by atoms with Gasteiger partial charge in [-0.1, -0.05) is 0 Å². The number of fused-ring (bicyclic) bond motifs is 1. The van der Waals surface area contributed by atoms with Crippen LogP contribution in [-0.2, 0) is 0 Å². The monoisotopic (exact) mass is 258 g/mol. The lowest BCUT2D eigenvalue weighted by molar-refractivity contribution is 1.17. The average Bonchev–Trinajstić information content (AvgIpc) is 2.99. The standard InChI is InChI=1S/C11H10N6S/c1-7-2-3-18-8(7)4-16-17-11-9-10(13-5-12-9)14-6-15-11/h2-6H,1H3,(H2,12,13,14,15,17)/b16-4+. The Morgan fingerprint density at radius 1 is 1.39 bits per heavy atom. The van der Waals surface area contributed by atoms with E-state index in [2.05, 4.69) is 43.5 Å². The van der Waals surface area contributed by atoms with Crippen molar-refractivity contribution in [1.29, 1.82) is 0 Å². The Labute approximate surface area is 107 Å². The molecule has 18 heavy (non-hydrogen) atoms. The second-order valence-electron chi connectivity index (χ2n) is 3.66. The summed E-state index contributed by atoms with van der Waals surface area (Å²) in [6.07, 6.45) is 4.82. The van der Waals surface area contributed by atoms with Crippen LogP contribution >= 0.6 is 11.3 Å². The minimum Gasteiger partial charge on any atom is -0.340 e. The van der Waals surface area contributed by atoms with Crippen LogP contribution in [0.5, 0.6) is 0 Å². The molecule has 3 heterocycles. The first-order valence-electron chi connectivity index (χ1n) is 5.32. The molecule has 2 N–H and O–H groups in total. The molecule has 3 aromatic rings. The van der Waals surface area contributed by atoms with E-state index in [1.807, 2.05) is 5.38 Å². The summed E-state index contributed by atoms with van der Waals surface area (Å²) < 4.78 is 0. The van der Waals surface area contributed by atoms with E-state index >= 15 is 0 Å². The maximum atomic E-state index is 4.17. The average molecular weight is 258 g/mol. The molecule has 3 aromatic heterocycles. The quantitative estimate of drug-likeness (QED) is 0.557. The number of aryl methyl sites for hydroxylation is 1. The Hall–Kier alpha value is -2.28. The zero-order valence-electron chi connectivity index (χ0n) is 9.58. The van der Waals surface area contributed by atoms with Crippen molar-refractivity contribution in [3.05, 3.63) is 34.5 Å². The van der Waals surface area contributed by atoms with E-state index in [0.29, 0.717) is 11.5 Å². The number of imidazole rings is 1. The van der Waals surface area contributed by atoms with Crippen LogP contribution in [0, 0.1) is 6.92 Å². The molecule has 7 heteroatoms. The molecule has 0 aliphatic heterocycles. The second-order valence-corrected chi connectivity index (χ2v) is 4.61. The van der Waals surface area contributed by atoms with Crippen molar-refractivity contribution in [2.45, 2.75) is 6.92 Å². The van der Waals surface area contributed by atoms with Crippen molar-refractivity contribution in [3.63, 3.8) is 0 Å². The van der Waals surface area contributed by atoms with Gasteiger partial charge in [-0.2, -0.15) is 5.10 Å². The maximum Gasteiger partial charge on any atom is 0.182 e. The van der Waals surface area contributed by atoms with Gasteiger partial charge < -0.3 is 4.98 Å². The van der Waals surface area contributed by atoms with Crippen molar-refractivity contribution in [3.8, 4) is 0 Å². The predicted molar refractivity (Wildman–Crippen MR) is 72.0 cm³/mol. The van der Waals surface area contributed by atoms with Crippen LogP contribution in [0.25, 0.3) is 11.2 Å². The van der Waals surface area contributed by atoms with Crippen molar-refractivity contribution < 1.29 is 0 Å². The van der Waals surface area contributed by atoms with Gasteiger partial charge in [0.05, 0.1) is 12.5 Å². The summed E-state index contributed by atoms with van der Waals surface area (Å²) in [6.45, 7) is 2.05. The van der Waals surface area contributed by atoms with E-state index in [9.17, 15) is 0 Å². The highest BCUT2D eigenvalue weighted by atomic mass is 32.1. The molecule has 0 aliphatic carbocycles. The molecule has 0 aliphatic rings. The van der Waals surface area contributed by atoms with Crippen LogP contribution in [0.2, 0.25) is 0 Å². The van der Waals surface area contributed by atoms with Crippen molar-refractivity contribution in [2.24, 2.45) is 5.10 Å². The SMILES string of the molecule is Cc1ccsc1/C=N/Nc1ncnc2nc[nH]c12. The van der Waals surface area contributed by atoms with Crippen LogP contribution in [0.15, 0.2) is 29.2 Å². The van der Waals surface area contributed by atoms with Crippen LogP contribution < -0.4 is 5.43 Å². The summed E-state index contributed by atoms with van der Waals surface area (Å²) in [5.74, 6) is 0.614. The number of H-pyrrole nitrogens is 1. The van der Waals surface area contributed by atoms with Crippen LogP contribution in [-0.4, -0.2) is 26.2 Å². The molecule has 3 rings (SSSR count). The molecule has 0 bridgehead atoms.